The van der Waals surface area contributed by atoms with Crippen LogP contribution >= 0.6 is 11.3 Å². The number of hydrogen-bond acceptors (Lipinski definition) is 6. The average molecular weight is 356 g/mol. The molecule has 0 saturated carbocycles. The van der Waals surface area contributed by atoms with Gasteiger partial charge in [0.25, 0.3) is 11.5 Å². The molecule has 0 saturated heterocycles. The van der Waals surface area contributed by atoms with Crippen LogP contribution in [0, 0.1) is 6.92 Å². The number of carbonyl (C=O) groups excluding carboxylic acids is 2. The first-order valence-corrected chi connectivity index (χ1v) is 8.53. The molecule has 0 fully saturated rings. The van der Waals surface area contributed by atoms with Gasteiger partial charge in [0.1, 0.15) is 0 Å². The van der Waals surface area contributed by atoms with Gasteiger partial charge in [-0.1, -0.05) is 29.5 Å². The van der Waals surface area contributed by atoms with E-state index >= 15 is 0 Å². The Labute approximate surface area is 147 Å². The summed E-state index contributed by atoms with van der Waals surface area (Å²) < 4.78 is 1.26. The predicted molar refractivity (Wildman–Crippen MR) is 96.5 cm³/mol. The number of fused-ring (bicyclic) bond motifs is 1. The second-order valence-corrected chi connectivity index (χ2v) is 6.46. The van der Waals surface area contributed by atoms with Crippen LogP contribution in [-0.4, -0.2) is 26.5 Å². The van der Waals surface area contributed by atoms with Gasteiger partial charge < -0.3 is 0 Å². The lowest BCUT2D eigenvalue weighted by Gasteiger charge is -2.08. The van der Waals surface area contributed by atoms with Crippen LogP contribution < -0.4 is 10.9 Å². The zero-order valence-electron chi connectivity index (χ0n) is 14.0. The van der Waals surface area contributed by atoms with Crippen LogP contribution in [-0.2, 0) is 6.54 Å². The van der Waals surface area contributed by atoms with E-state index < -0.39 is 5.91 Å². The highest BCUT2D eigenvalue weighted by Crippen LogP contribution is 2.24. The first-order valence-electron chi connectivity index (χ1n) is 7.72. The molecule has 0 radical (unpaired) electrons. The summed E-state index contributed by atoms with van der Waals surface area (Å²) in [5.41, 5.74) is 0.483. The van der Waals surface area contributed by atoms with Crippen LogP contribution in [0.5, 0.6) is 0 Å². The molecule has 2 heterocycles. The number of nitrogens with zero attached hydrogens (tertiary/aromatic N) is 3. The molecule has 3 rings (SSSR count). The summed E-state index contributed by atoms with van der Waals surface area (Å²) in [5, 5.41) is 8.10. The fourth-order valence-corrected chi connectivity index (χ4v) is 3.41. The van der Waals surface area contributed by atoms with Gasteiger partial charge in [0.2, 0.25) is 0 Å². The summed E-state index contributed by atoms with van der Waals surface area (Å²) in [6.45, 7) is 5.31. The number of hydrogen-bond donors (Lipinski definition) is 1. The largest absolute Gasteiger partial charge is 0.296 e. The molecule has 7 nitrogen and oxygen atoms in total. The van der Waals surface area contributed by atoms with Crippen LogP contribution in [0.1, 0.15) is 39.7 Å². The molecule has 1 N–H and O–H groups in total. The van der Waals surface area contributed by atoms with Crippen LogP contribution in [0.2, 0.25) is 0 Å². The van der Waals surface area contributed by atoms with Crippen molar-refractivity contribution < 1.29 is 9.59 Å². The molecule has 3 aromatic rings. The van der Waals surface area contributed by atoms with Crippen molar-refractivity contribution in [2.24, 2.45) is 0 Å². The number of amides is 1. The Morgan fingerprint density at radius 1 is 1.24 bits per heavy atom. The van der Waals surface area contributed by atoms with Gasteiger partial charge in [-0.15, -0.1) is 0 Å². The monoisotopic (exact) mass is 356 g/mol. The Balaban J connectivity index is 2.05. The Bertz CT molecular complexity index is 1050. The highest BCUT2D eigenvalue weighted by Gasteiger charge is 2.19. The van der Waals surface area contributed by atoms with Crippen LogP contribution in [0.3, 0.4) is 0 Å². The number of Topliss-reactive ketones (excluding diaryl/α,β-unsaturated/α-hetero) is 1. The zero-order valence-corrected chi connectivity index (χ0v) is 14.8. The van der Waals surface area contributed by atoms with Gasteiger partial charge >= 0.3 is 0 Å². The Hall–Kier alpha value is -2.87. The van der Waals surface area contributed by atoms with Gasteiger partial charge in [0.05, 0.1) is 16.0 Å². The fourth-order valence-electron chi connectivity index (χ4n) is 2.55. The Kier molecular flexibility index (Phi) is 4.45. The molecule has 1 amide bonds. The van der Waals surface area contributed by atoms with E-state index in [4.69, 9.17) is 0 Å². The highest BCUT2D eigenvalue weighted by molar-refractivity contribution is 7.17. The third-order valence-electron chi connectivity index (χ3n) is 3.72. The van der Waals surface area contributed by atoms with Crippen LogP contribution in [0.4, 0.5) is 5.13 Å². The van der Waals surface area contributed by atoms with Crippen molar-refractivity contribution >= 4 is 38.9 Å². The summed E-state index contributed by atoms with van der Waals surface area (Å²) in [5.74, 6) is -0.569. The molecular weight excluding hydrogens is 340 g/mol. The van der Waals surface area contributed by atoms with Crippen molar-refractivity contribution in [2.45, 2.75) is 27.3 Å². The molecule has 0 aliphatic rings. The molecule has 0 atom stereocenters. The summed E-state index contributed by atoms with van der Waals surface area (Å²) >= 11 is 1.12. The molecule has 25 heavy (non-hydrogen) atoms. The molecule has 0 unspecified atom stereocenters. The lowest BCUT2D eigenvalue weighted by Crippen LogP contribution is -2.27. The third-order valence-corrected chi connectivity index (χ3v) is 4.89. The smallest absolute Gasteiger partial charge is 0.278 e. The van der Waals surface area contributed by atoms with E-state index in [1.807, 2.05) is 0 Å². The lowest BCUT2D eigenvalue weighted by atomic mass is 10.1. The maximum absolute atomic E-state index is 12.7. The van der Waals surface area contributed by atoms with E-state index in [1.54, 1.807) is 38.1 Å². The van der Waals surface area contributed by atoms with Gasteiger partial charge in [-0.2, -0.15) is 5.10 Å². The SMILES string of the molecule is CCn1nc(C(=O)Nc2nc(C)c(C(C)=O)s2)c2ccccc2c1=O. The van der Waals surface area contributed by atoms with Gasteiger partial charge in [-0.25, -0.2) is 9.67 Å². The highest BCUT2D eigenvalue weighted by atomic mass is 32.1. The predicted octanol–water partition coefficient (Wildman–Crippen LogP) is 2.64. The van der Waals surface area contributed by atoms with Gasteiger partial charge in [0, 0.05) is 18.9 Å². The van der Waals surface area contributed by atoms with E-state index in [9.17, 15) is 14.4 Å². The molecule has 8 heteroatoms. The molecule has 0 spiro atoms. The van der Waals surface area contributed by atoms with Crippen molar-refractivity contribution in [2.75, 3.05) is 5.32 Å². The minimum absolute atomic E-state index is 0.0985. The topological polar surface area (TPSA) is 93.9 Å². The second-order valence-electron chi connectivity index (χ2n) is 5.46. The molecule has 0 bridgehead atoms. The van der Waals surface area contributed by atoms with Crippen LogP contribution in [0.25, 0.3) is 10.8 Å². The van der Waals surface area contributed by atoms with Crippen molar-refractivity contribution in [3.8, 4) is 0 Å². The number of aromatic nitrogens is 3. The summed E-state index contributed by atoms with van der Waals surface area (Å²) in [6.07, 6.45) is 0. The van der Waals surface area contributed by atoms with E-state index in [1.165, 1.54) is 11.6 Å². The maximum atomic E-state index is 12.7. The zero-order chi connectivity index (χ0) is 18.1. The van der Waals surface area contributed by atoms with Gasteiger partial charge in [0.15, 0.2) is 16.6 Å². The summed E-state index contributed by atoms with van der Waals surface area (Å²) in [7, 11) is 0. The van der Waals surface area contributed by atoms with Gasteiger partial charge in [-0.05, 0) is 19.9 Å². The van der Waals surface area contributed by atoms with Crippen LogP contribution in [0.15, 0.2) is 29.1 Å². The average Bonchev–Trinajstić information content (AvgIpc) is 2.96. The standard InChI is InChI=1S/C17H16N4O3S/c1-4-21-16(24)12-8-6-5-7-11(12)13(20-21)15(23)19-17-18-9(2)14(25-17)10(3)22/h5-8H,4H2,1-3H3,(H,18,19,23). The number of anilines is 1. The Morgan fingerprint density at radius 3 is 2.52 bits per heavy atom. The second kappa shape index (κ2) is 6.56. The van der Waals surface area contributed by atoms with E-state index in [0.29, 0.717) is 33.0 Å². The number of benzene rings is 1. The van der Waals surface area contributed by atoms with Crippen molar-refractivity contribution in [3.05, 3.63) is 50.9 Å². The fraction of sp³-hybridized carbons (Fsp3) is 0.235. The number of aryl methyl sites for hydroxylation is 2. The van der Waals surface area contributed by atoms with E-state index in [2.05, 4.69) is 15.4 Å². The first-order chi connectivity index (χ1) is 11.9. The number of ketones is 1. The normalized spacial score (nSPS) is 10.8. The molecule has 0 aliphatic heterocycles. The number of rotatable bonds is 4. The van der Waals surface area contributed by atoms with E-state index in [0.717, 1.165) is 11.3 Å². The molecule has 1 aromatic carbocycles. The van der Waals surface area contributed by atoms with Crippen molar-refractivity contribution in [3.63, 3.8) is 0 Å². The van der Waals surface area contributed by atoms with E-state index in [-0.39, 0.29) is 17.0 Å². The number of carbonyl (C=O) groups is 2. The molecule has 2 aromatic heterocycles. The lowest BCUT2D eigenvalue weighted by molar-refractivity contribution is 0.101. The molecular formula is C17H16N4O3S. The summed E-state index contributed by atoms with van der Waals surface area (Å²) in [4.78, 5) is 41.3. The first kappa shape index (κ1) is 17.0. The minimum atomic E-state index is -0.470. The quantitative estimate of drug-likeness (QED) is 0.725. The molecule has 0 aliphatic carbocycles. The number of thiazole rings is 1. The third kappa shape index (κ3) is 3.08. The van der Waals surface area contributed by atoms with Gasteiger partial charge in [-0.3, -0.25) is 19.7 Å². The van der Waals surface area contributed by atoms with Crippen molar-refractivity contribution in [1.29, 1.82) is 0 Å². The summed E-state index contributed by atoms with van der Waals surface area (Å²) in [6, 6.07) is 6.85. The maximum Gasteiger partial charge on any atom is 0.278 e. The van der Waals surface area contributed by atoms with Crippen molar-refractivity contribution in [1.82, 2.24) is 14.8 Å². The Morgan fingerprint density at radius 2 is 1.92 bits per heavy atom. The minimum Gasteiger partial charge on any atom is -0.296 e. The molecule has 128 valence electrons. The number of nitrogens with one attached hydrogen (secondary N) is 1.